The van der Waals surface area contributed by atoms with Gasteiger partial charge in [-0.1, -0.05) is 24.3 Å². The van der Waals surface area contributed by atoms with Crippen LogP contribution in [0.5, 0.6) is 0 Å². The normalized spacial score (nSPS) is 16.5. The summed E-state index contributed by atoms with van der Waals surface area (Å²) in [7, 11) is 0. The third-order valence-corrected chi connectivity index (χ3v) is 4.34. The van der Waals surface area contributed by atoms with Crippen LogP contribution in [0.3, 0.4) is 0 Å². The second-order valence-corrected chi connectivity index (χ2v) is 5.57. The Morgan fingerprint density at radius 3 is 2.86 bits per heavy atom. The second-order valence-electron chi connectivity index (χ2n) is 5.57. The van der Waals surface area contributed by atoms with Gasteiger partial charge in [-0.05, 0) is 29.7 Å². The van der Waals surface area contributed by atoms with Crippen LogP contribution in [0.25, 0.3) is 10.9 Å². The molecule has 0 saturated heterocycles. The Balaban J connectivity index is 1.65. The van der Waals surface area contributed by atoms with E-state index < -0.39 is 0 Å². The lowest BCUT2D eigenvalue weighted by molar-refractivity contribution is -0.384. The van der Waals surface area contributed by atoms with Crippen molar-refractivity contribution in [1.82, 2.24) is 4.57 Å². The number of nitrogens with zero attached hydrogens (tertiary/aromatic N) is 2. The van der Waals surface area contributed by atoms with E-state index in [4.69, 9.17) is 0 Å². The Morgan fingerprint density at radius 2 is 2.05 bits per heavy atom. The lowest BCUT2D eigenvalue weighted by Crippen LogP contribution is -2.21. The number of nitro benzene ring substituents is 1. The lowest BCUT2D eigenvalue weighted by Gasteiger charge is -2.30. The topological polar surface area (TPSA) is 48.1 Å². The Bertz CT molecular complexity index is 851. The fraction of sp³-hybridized carbons (Fsp3) is 0.176. The number of fused-ring (bicyclic) bond motifs is 2. The number of hydrogen-bond donors (Lipinski definition) is 0. The molecule has 4 nitrogen and oxygen atoms in total. The fourth-order valence-electron chi connectivity index (χ4n) is 3.22. The lowest BCUT2D eigenvalue weighted by atomic mass is 9.77. The molecule has 1 unspecified atom stereocenters. The maximum Gasteiger partial charge on any atom is 0.270 e. The summed E-state index contributed by atoms with van der Waals surface area (Å²) >= 11 is 0. The van der Waals surface area contributed by atoms with E-state index in [9.17, 15) is 10.1 Å². The molecule has 2 aromatic carbocycles. The maximum atomic E-state index is 10.8. The number of benzene rings is 2. The predicted molar refractivity (Wildman–Crippen MR) is 81.5 cm³/mol. The van der Waals surface area contributed by atoms with Crippen molar-refractivity contribution in [2.45, 2.75) is 18.9 Å². The minimum Gasteiger partial charge on any atom is -0.347 e. The maximum absolute atomic E-state index is 10.8. The van der Waals surface area contributed by atoms with E-state index >= 15 is 0 Å². The number of hydrogen-bond acceptors (Lipinski definition) is 2. The summed E-state index contributed by atoms with van der Waals surface area (Å²) in [4.78, 5) is 10.5. The molecule has 4 rings (SSSR count). The van der Waals surface area contributed by atoms with Crippen molar-refractivity contribution in [2.24, 2.45) is 0 Å². The Hall–Kier alpha value is -2.62. The van der Waals surface area contributed by atoms with Gasteiger partial charge < -0.3 is 4.57 Å². The summed E-state index contributed by atoms with van der Waals surface area (Å²) < 4.78 is 2.19. The predicted octanol–water partition coefficient (Wildman–Crippen LogP) is 3.89. The molecular weight excluding hydrogens is 264 g/mol. The van der Waals surface area contributed by atoms with E-state index in [0.717, 1.165) is 23.9 Å². The summed E-state index contributed by atoms with van der Waals surface area (Å²) in [6.45, 7) is 0.929. The van der Waals surface area contributed by atoms with Crippen LogP contribution >= 0.6 is 0 Å². The summed E-state index contributed by atoms with van der Waals surface area (Å²) in [5.41, 5.74) is 4.08. The van der Waals surface area contributed by atoms with E-state index in [-0.39, 0.29) is 10.6 Å². The van der Waals surface area contributed by atoms with Crippen LogP contribution < -0.4 is 0 Å². The molecular formula is C17H14N2O2. The molecule has 104 valence electrons. The first-order chi connectivity index (χ1) is 10.2. The van der Waals surface area contributed by atoms with Crippen LogP contribution in [0.2, 0.25) is 0 Å². The molecule has 0 fully saturated rings. The quantitative estimate of drug-likeness (QED) is 0.539. The van der Waals surface area contributed by atoms with Crippen LogP contribution in [0.1, 0.15) is 17.0 Å². The number of nitro groups is 1. The molecule has 0 aliphatic heterocycles. The number of non-ortho nitro benzene ring substituents is 1. The van der Waals surface area contributed by atoms with E-state index in [0.29, 0.717) is 5.92 Å². The van der Waals surface area contributed by atoms with E-state index in [1.807, 2.05) is 18.3 Å². The van der Waals surface area contributed by atoms with Crippen LogP contribution in [-0.2, 0) is 13.0 Å². The molecule has 0 saturated carbocycles. The zero-order chi connectivity index (χ0) is 14.4. The minimum absolute atomic E-state index is 0.147. The third kappa shape index (κ3) is 1.91. The molecule has 3 aromatic rings. The van der Waals surface area contributed by atoms with Crippen LogP contribution in [-0.4, -0.2) is 9.49 Å². The van der Waals surface area contributed by atoms with E-state index in [2.05, 4.69) is 28.8 Å². The standard InChI is InChI=1S/C17H14N2O2/c20-19(21)15-5-6-17-13(10-15)7-8-18(17)11-14-9-12-3-1-2-4-16(12)14/h1-8,10,14H,9,11H2. The van der Waals surface area contributed by atoms with Gasteiger partial charge in [0.05, 0.1) is 4.92 Å². The van der Waals surface area contributed by atoms with Crippen molar-refractivity contribution >= 4 is 16.6 Å². The van der Waals surface area contributed by atoms with Gasteiger partial charge in [-0.15, -0.1) is 0 Å². The highest BCUT2D eigenvalue weighted by molar-refractivity contribution is 5.82. The molecule has 1 aliphatic rings. The third-order valence-electron chi connectivity index (χ3n) is 4.34. The molecule has 0 radical (unpaired) electrons. The van der Waals surface area contributed by atoms with Gasteiger partial charge in [0.15, 0.2) is 0 Å². The van der Waals surface area contributed by atoms with Gasteiger partial charge >= 0.3 is 0 Å². The van der Waals surface area contributed by atoms with Crippen LogP contribution in [0.15, 0.2) is 54.7 Å². The van der Waals surface area contributed by atoms with Crippen molar-refractivity contribution < 1.29 is 4.92 Å². The molecule has 0 spiro atoms. The highest BCUT2D eigenvalue weighted by Gasteiger charge is 2.25. The van der Waals surface area contributed by atoms with Gasteiger partial charge in [0, 0.05) is 41.7 Å². The summed E-state index contributed by atoms with van der Waals surface area (Å²) in [6.07, 6.45) is 3.14. The van der Waals surface area contributed by atoms with Gasteiger partial charge in [-0.2, -0.15) is 0 Å². The SMILES string of the molecule is O=[N+]([O-])c1ccc2c(ccn2CC2Cc3ccccc32)c1. The first-order valence-electron chi connectivity index (χ1n) is 7.03. The van der Waals surface area contributed by atoms with Gasteiger partial charge in [0.1, 0.15) is 0 Å². The van der Waals surface area contributed by atoms with Gasteiger partial charge in [0.25, 0.3) is 5.69 Å². The molecule has 1 aromatic heterocycles. The summed E-state index contributed by atoms with van der Waals surface area (Å²) in [6, 6.07) is 15.6. The molecule has 4 heteroatoms. The van der Waals surface area contributed by atoms with Gasteiger partial charge in [0.2, 0.25) is 0 Å². The average Bonchev–Trinajstić information content (AvgIpc) is 2.87. The van der Waals surface area contributed by atoms with Crippen molar-refractivity contribution in [3.05, 3.63) is 76.0 Å². The van der Waals surface area contributed by atoms with E-state index in [1.165, 1.54) is 11.1 Å². The Kier molecular flexibility index (Phi) is 2.57. The zero-order valence-corrected chi connectivity index (χ0v) is 11.4. The van der Waals surface area contributed by atoms with Crippen molar-refractivity contribution in [3.8, 4) is 0 Å². The highest BCUT2D eigenvalue weighted by Crippen LogP contribution is 2.36. The highest BCUT2D eigenvalue weighted by atomic mass is 16.6. The van der Waals surface area contributed by atoms with E-state index in [1.54, 1.807) is 12.1 Å². The summed E-state index contributed by atoms with van der Waals surface area (Å²) in [5.74, 6) is 0.548. The van der Waals surface area contributed by atoms with Gasteiger partial charge in [-0.3, -0.25) is 10.1 Å². The monoisotopic (exact) mass is 278 g/mol. The summed E-state index contributed by atoms with van der Waals surface area (Å²) in [5, 5.41) is 11.7. The molecule has 1 aliphatic carbocycles. The van der Waals surface area contributed by atoms with Crippen molar-refractivity contribution in [1.29, 1.82) is 0 Å². The Labute approximate surface area is 121 Å². The second kappa shape index (κ2) is 4.45. The molecule has 21 heavy (non-hydrogen) atoms. The van der Waals surface area contributed by atoms with Crippen LogP contribution in [0, 0.1) is 10.1 Å². The van der Waals surface area contributed by atoms with Crippen molar-refractivity contribution in [2.75, 3.05) is 0 Å². The molecule has 0 bridgehead atoms. The first kappa shape index (κ1) is 12.1. The average molecular weight is 278 g/mol. The largest absolute Gasteiger partial charge is 0.347 e. The zero-order valence-electron chi connectivity index (χ0n) is 11.4. The van der Waals surface area contributed by atoms with Crippen LogP contribution in [0.4, 0.5) is 5.69 Å². The number of aromatic nitrogens is 1. The van der Waals surface area contributed by atoms with Crippen molar-refractivity contribution in [3.63, 3.8) is 0 Å². The molecule has 1 heterocycles. The smallest absolute Gasteiger partial charge is 0.270 e. The Morgan fingerprint density at radius 1 is 1.19 bits per heavy atom. The first-order valence-corrected chi connectivity index (χ1v) is 7.03. The number of rotatable bonds is 3. The minimum atomic E-state index is -0.348. The fourth-order valence-corrected chi connectivity index (χ4v) is 3.22. The van der Waals surface area contributed by atoms with Gasteiger partial charge in [-0.25, -0.2) is 0 Å². The molecule has 1 atom stereocenters. The molecule has 0 N–H and O–H groups in total. The molecule has 0 amide bonds.